The third-order valence-electron chi connectivity index (χ3n) is 5.44. The molecule has 0 bridgehead atoms. The fourth-order valence-electron chi connectivity index (χ4n) is 3.81. The first-order valence-corrected chi connectivity index (χ1v) is 9.60. The molecule has 1 N–H and O–H groups in total. The maximum Gasteiger partial charge on any atom is 0.253 e. The monoisotopic (exact) mass is 376 g/mol. The largest absolute Gasteiger partial charge is 0.508 e. The third-order valence-corrected chi connectivity index (χ3v) is 5.44. The first-order chi connectivity index (χ1) is 13.6. The summed E-state index contributed by atoms with van der Waals surface area (Å²) in [7, 11) is 0. The van der Waals surface area contributed by atoms with Gasteiger partial charge < -0.3 is 14.6 Å². The van der Waals surface area contributed by atoms with Crippen LogP contribution >= 0.6 is 0 Å². The van der Waals surface area contributed by atoms with E-state index in [1.165, 1.54) is 5.56 Å². The number of aromatic nitrogens is 3. The summed E-state index contributed by atoms with van der Waals surface area (Å²) >= 11 is 0. The average molecular weight is 376 g/mol. The molecule has 1 amide bonds. The van der Waals surface area contributed by atoms with Gasteiger partial charge in [0.25, 0.3) is 5.91 Å². The molecular formula is C22H24N4O2. The number of pyridine rings is 1. The van der Waals surface area contributed by atoms with E-state index in [9.17, 15) is 9.90 Å². The summed E-state index contributed by atoms with van der Waals surface area (Å²) in [6.45, 7) is 4.02. The molecule has 28 heavy (non-hydrogen) atoms. The molecule has 2 aromatic heterocycles. The molecule has 0 radical (unpaired) electrons. The van der Waals surface area contributed by atoms with Crippen LogP contribution in [0.25, 0.3) is 0 Å². The number of amides is 1. The van der Waals surface area contributed by atoms with E-state index >= 15 is 0 Å². The summed E-state index contributed by atoms with van der Waals surface area (Å²) in [6, 6.07) is 9.07. The molecule has 0 spiro atoms. The molecule has 3 heterocycles. The van der Waals surface area contributed by atoms with E-state index in [0.29, 0.717) is 24.6 Å². The average Bonchev–Trinajstić information content (AvgIpc) is 3.18. The molecule has 1 saturated heterocycles. The number of phenols is 1. The summed E-state index contributed by atoms with van der Waals surface area (Å²) in [5.74, 6) is 1.68. The van der Waals surface area contributed by atoms with E-state index in [0.717, 1.165) is 30.8 Å². The van der Waals surface area contributed by atoms with E-state index in [1.807, 2.05) is 29.4 Å². The molecule has 144 valence electrons. The minimum atomic E-state index is 0.0293. The van der Waals surface area contributed by atoms with Crippen LogP contribution < -0.4 is 0 Å². The highest BCUT2D eigenvalue weighted by molar-refractivity contribution is 5.94. The van der Waals surface area contributed by atoms with Crippen molar-refractivity contribution in [1.82, 2.24) is 19.4 Å². The molecule has 6 nitrogen and oxygen atoms in total. The lowest BCUT2D eigenvalue weighted by Crippen LogP contribution is -2.38. The van der Waals surface area contributed by atoms with Crippen LogP contribution in [0.1, 0.15) is 46.1 Å². The standard InChI is InChI=1S/C22H24N4O2/c1-16-14-19(2-3-20(16)27)22(28)25-11-6-18(7-12-25)21-24-10-13-26(21)15-17-4-8-23-9-5-17/h2-5,8-10,13-14,18,27H,6-7,11-12,15H2,1H3. The van der Waals surface area contributed by atoms with Gasteiger partial charge in [-0.2, -0.15) is 0 Å². The molecule has 0 aliphatic carbocycles. The second-order valence-corrected chi connectivity index (χ2v) is 7.34. The number of hydrogen-bond donors (Lipinski definition) is 1. The molecule has 3 aromatic rings. The summed E-state index contributed by atoms with van der Waals surface area (Å²) in [6.07, 6.45) is 9.29. The Labute approximate surface area is 164 Å². The van der Waals surface area contributed by atoms with Gasteiger partial charge in [0.2, 0.25) is 0 Å². The Balaban J connectivity index is 1.41. The highest BCUT2D eigenvalue weighted by Gasteiger charge is 2.27. The predicted molar refractivity (Wildman–Crippen MR) is 106 cm³/mol. The topological polar surface area (TPSA) is 71.2 Å². The molecular weight excluding hydrogens is 352 g/mol. The van der Waals surface area contributed by atoms with Crippen LogP contribution in [0.15, 0.2) is 55.1 Å². The zero-order valence-electron chi connectivity index (χ0n) is 16.0. The molecule has 0 atom stereocenters. The van der Waals surface area contributed by atoms with Crippen molar-refractivity contribution in [2.45, 2.75) is 32.2 Å². The predicted octanol–water partition coefficient (Wildman–Crippen LogP) is 3.36. The van der Waals surface area contributed by atoms with Crippen molar-refractivity contribution in [2.24, 2.45) is 0 Å². The van der Waals surface area contributed by atoms with Crippen LogP contribution in [-0.4, -0.2) is 43.5 Å². The normalized spacial score (nSPS) is 15.0. The van der Waals surface area contributed by atoms with Gasteiger partial charge in [-0.05, 0) is 61.2 Å². The summed E-state index contributed by atoms with van der Waals surface area (Å²) in [5.41, 5.74) is 2.55. The minimum absolute atomic E-state index is 0.0293. The summed E-state index contributed by atoms with van der Waals surface area (Å²) in [4.78, 5) is 23.4. The van der Waals surface area contributed by atoms with E-state index in [2.05, 4.69) is 14.5 Å². The Hall–Kier alpha value is -3.15. The van der Waals surface area contributed by atoms with Crippen LogP contribution in [0.2, 0.25) is 0 Å². The number of nitrogens with zero attached hydrogens (tertiary/aromatic N) is 4. The number of aryl methyl sites for hydroxylation is 1. The fraction of sp³-hybridized carbons (Fsp3) is 0.318. The zero-order chi connectivity index (χ0) is 19.5. The molecule has 6 heteroatoms. The second kappa shape index (κ2) is 7.84. The maximum absolute atomic E-state index is 12.8. The lowest BCUT2D eigenvalue weighted by Gasteiger charge is -2.32. The SMILES string of the molecule is Cc1cc(C(=O)N2CCC(c3nccn3Cc3ccncc3)CC2)ccc1O. The first kappa shape index (κ1) is 18.2. The Morgan fingerprint density at radius 1 is 1.14 bits per heavy atom. The Morgan fingerprint density at radius 3 is 2.61 bits per heavy atom. The lowest BCUT2D eigenvalue weighted by molar-refractivity contribution is 0.0710. The number of rotatable bonds is 4. The van der Waals surface area contributed by atoms with Crippen molar-refractivity contribution >= 4 is 5.91 Å². The van der Waals surface area contributed by atoms with Crippen LogP contribution in [0.5, 0.6) is 5.75 Å². The Bertz CT molecular complexity index is 960. The number of likely N-dealkylation sites (tertiary alicyclic amines) is 1. The molecule has 0 unspecified atom stereocenters. The van der Waals surface area contributed by atoms with Gasteiger partial charge in [0.1, 0.15) is 11.6 Å². The number of phenolic OH excluding ortho intramolecular Hbond substituents is 1. The highest BCUT2D eigenvalue weighted by atomic mass is 16.3. The van der Waals surface area contributed by atoms with Crippen molar-refractivity contribution in [1.29, 1.82) is 0 Å². The summed E-state index contributed by atoms with van der Waals surface area (Å²) < 4.78 is 2.20. The van der Waals surface area contributed by atoms with E-state index in [-0.39, 0.29) is 11.7 Å². The highest BCUT2D eigenvalue weighted by Crippen LogP contribution is 2.28. The second-order valence-electron chi connectivity index (χ2n) is 7.34. The van der Waals surface area contributed by atoms with Crippen LogP contribution in [0.4, 0.5) is 0 Å². The quantitative estimate of drug-likeness (QED) is 0.758. The van der Waals surface area contributed by atoms with E-state index < -0.39 is 0 Å². The smallest absolute Gasteiger partial charge is 0.253 e. The first-order valence-electron chi connectivity index (χ1n) is 9.60. The minimum Gasteiger partial charge on any atom is -0.508 e. The number of aromatic hydroxyl groups is 1. The summed E-state index contributed by atoms with van der Waals surface area (Å²) in [5, 5.41) is 9.67. The van der Waals surface area contributed by atoms with Gasteiger partial charge in [0, 0.05) is 55.9 Å². The zero-order valence-corrected chi connectivity index (χ0v) is 16.0. The number of imidazole rings is 1. The molecule has 1 aliphatic heterocycles. The number of carbonyl (C=O) groups is 1. The van der Waals surface area contributed by atoms with Gasteiger partial charge in [-0.25, -0.2) is 4.98 Å². The number of piperidine rings is 1. The number of hydrogen-bond acceptors (Lipinski definition) is 4. The molecule has 4 rings (SSSR count). The van der Waals surface area contributed by atoms with Gasteiger partial charge in [-0.3, -0.25) is 9.78 Å². The van der Waals surface area contributed by atoms with Crippen molar-refractivity contribution in [3.05, 3.63) is 77.6 Å². The van der Waals surface area contributed by atoms with Gasteiger partial charge in [-0.1, -0.05) is 0 Å². The van der Waals surface area contributed by atoms with Crippen LogP contribution in [0.3, 0.4) is 0 Å². The Kier molecular flexibility index (Phi) is 5.10. The molecule has 1 fully saturated rings. The number of benzene rings is 1. The van der Waals surface area contributed by atoms with E-state index in [4.69, 9.17) is 0 Å². The lowest BCUT2D eigenvalue weighted by atomic mass is 9.95. The van der Waals surface area contributed by atoms with Crippen LogP contribution in [-0.2, 0) is 6.54 Å². The Morgan fingerprint density at radius 2 is 1.89 bits per heavy atom. The van der Waals surface area contributed by atoms with Crippen molar-refractivity contribution in [2.75, 3.05) is 13.1 Å². The maximum atomic E-state index is 12.8. The molecule has 1 aromatic carbocycles. The van der Waals surface area contributed by atoms with Gasteiger partial charge in [0.15, 0.2) is 0 Å². The van der Waals surface area contributed by atoms with Crippen molar-refractivity contribution < 1.29 is 9.90 Å². The fourth-order valence-corrected chi connectivity index (χ4v) is 3.81. The third kappa shape index (κ3) is 3.76. The van der Waals surface area contributed by atoms with Gasteiger partial charge in [0.05, 0.1) is 0 Å². The van der Waals surface area contributed by atoms with E-state index in [1.54, 1.807) is 37.5 Å². The van der Waals surface area contributed by atoms with Crippen LogP contribution in [0, 0.1) is 6.92 Å². The van der Waals surface area contributed by atoms with Crippen molar-refractivity contribution in [3.8, 4) is 5.75 Å². The number of carbonyl (C=O) groups excluding carboxylic acids is 1. The van der Waals surface area contributed by atoms with Gasteiger partial charge in [-0.15, -0.1) is 0 Å². The molecule has 0 saturated carbocycles. The van der Waals surface area contributed by atoms with Gasteiger partial charge >= 0.3 is 0 Å². The van der Waals surface area contributed by atoms with Crippen molar-refractivity contribution in [3.63, 3.8) is 0 Å². The molecule has 1 aliphatic rings.